The van der Waals surface area contributed by atoms with Gasteiger partial charge in [0.1, 0.15) is 0 Å². The van der Waals surface area contributed by atoms with E-state index in [-0.39, 0.29) is 18.6 Å². The lowest BCUT2D eigenvalue weighted by Crippen LogP contribution is -2.04. The molecule has 1 aliphatic carbocycles. The summed E-state index contributed by atoms with van der Waals surface area (Å²) in [5, 5.41) is 17.4. The van der Waals surface area contributed by atoms with Crippen LogP contribution in [0.5, 0.6) is 0 Å². The van der Waals surface area contributed by atoms with Crippen molar-refractivity contribution in [2.75, 3.05) is 6.61 Å². The van der Waals surface area contributed by atoms with E-state index in [2.05, 4.69) is 0 Å². The van der Waals surface area contributed by atoms with Gasteiger partial charge in [0, 0.05) is 12.5 Å². The zero-order valence-corrected chi connectivity index (χ0v) is 4.62. The summed E-state index contributed by atoms with van der Waals surface area (Å²) in [6, 6.07) is 0. The van der Waals surface area contributed by atoms with Gasteiger partial charge in [0.15, 0.2) is 0 Å². The molecule has 8 heavy (non-hydrogen) atoms. The third-order valence-corrected chi connectivity index (χ3v) is 1.38. The van der Waals surface area contributed by atoms with Crippen molar-refractivity contribution in [1.29, 1.82) is 0 Å². The molecule has 0 spiro atoms. The Bertz CT molecular complexity index is 98.7. The summed E-state index contributed by atoms with van der Waals surface area (Å²) in [6.07, 6.45) is 3.95. The van der Waals surface area contributed by atoms with Gasteiger partial charge in [-0.1, -0.05) is 12.2 Å². The van der Waals surface area contributed by atoms with Crippen molar-refractivity contribution < 1.29 is 10.2 Å². The summed E-state index contributed by atoms with van der Waals surface area (Å²) >= 11 is 0. The highest BCUT2D eigenvalue weighted by Crippen LogP contribution is 2.15. The average Bonchev–Trinajstić information content (AvgIpc) is 2.14. The Morgan fingerprint density at radius 3 is 2.50 bits per heavy atom. The van der Waals surface area contributed by atoms with Crippen LogP contribution >= 0.6 is 0 Å². The van der Waals surface area contributed by atoms with Gasteiger partial charge in [0.2, 0.25) is 0 Å². The first kappa shape index (κ1) is 5.79. The summed E-state index contributed by atoms with van der Waals surface area (Å²) in [5.41, 5.74) is 0. The Hall–Kier alpha value is -0.340. The number of aliphatic hydroxyl groups excluding tert-OH is 2. The molecule has 46 valence electrons. The first-order valence-electron chi connectivity index (χ1n) is 2.80. The van der Waals surface area contributed by atoms with E-state index in [0.717, 1.165) is 0 Å². The predicted molar refractivity (Wildman–Crippen MR) is 30.3 cm³/mol. The summed E-state index contributed by atoms with van der Waals surface area (Å²) in [5.74, 6) is 0.199. The minimum absolute atomic E-state index is 0.160. The normalized spacial score (nSPS) is 36.2. The molecular formula is C6H10O2. The van der Waals surface area contributed by atoms with Crippen LogP contribution < -0.4 is 0 Å². The van der Waals surface area contributed by atoms with Gasteiger partial charge in [0.05, 0.1) is 6.10 Å². The third kappa shape index (κ3) is 1.08. The van der Waals surface area contributed by atoms with Crippen LogP contribution in [0.4, 0.5) is 0 Å². The van der Waals surface area contributed by atoms with Crippen molar-refractivity contribution in [3.05, 3.63) is 12.2 Å². The maximum Gasteiger partial charge on any atom is 0.0727 e. The zero-order valence-electron chi connectivity index (χ0n) is 4.62. The fourth-order valence-corrected chi connectivity index (χ4v) is 0.888. The SMILES string of the molecule is OC[C@H]1C=C[C@@H](O)C1. The quantitative estimate of drug-likeness (QED) is 0.468. The maximum absolute atomic E-state index is 8.83. The molecule has 0 radical (unpaired) electrons. The van der Waals surface area contributed by atoms with Crippen LogP contribution in [0.2, 0.25) is 0 Å². The Kier molecular flexibility index (Phi) is 1.65. The second-order valence-electron chi connectivity index (χ2n) is 2.13. The molecule has 0 aromatic heterocycles. The molecule has 0 bridgehead atoms. The molecule has 0 unspecified atom stereocenters. The Morgan fingerprint density at radius 1 is 1.50 bits per heavy atom. The molecule has 0 saturated heterocycles. The Labute approximate surface area is 48.5 Å². The molecule has 0 aromatic carbocycles. The zero-order chi connectivity index (χ0) is 5.98. The standard InChI is InChI=1S/C6H10O2/c7-4-5-1-2-6(8)3-5/h1-2,5-8H,3-4H2/t5-,6+/m0/s1. The molecule has 2 nitrogen and oxygen atoms in total. The lowest BCUT2D eigenvalue weighted by Gasteiger charge is -2.01. The predicted octanol–water partition coefficient (Wildman–Crippen LogP) is -0.0843. The highest BCUT2D eigenvalue weighted by Gasteiger charge is 2.14. The summed E-state index contributed by atoms with van der Waals surface area (Å²) in [7, 11) is 0. The van der Waals surface area contributed by atoms with Crippen molar-refractivity contribution in [3.63, 3.8) is 0 Å². The van der Waals surface area contributed by atoms with Crippen molar-refractivity contribution in [2.24, 2.45) is 5.92 Å². The van der Waals surface area contributed by atoms with E-state index in [4.69, 9.17) is 10.2 Å². The van der Waals surface area contributed by atoms with Crippen molar-refractivity contribution in [1.82, 2.24) is 0 Å². The van der Waals surface area contributed by atoms with E-state index >= 15 is 0 Å². The molecular weight excluding hydrogens is 104 g/mol. The smallest absolute Gasteiger partial charge is 0.0727 e. The second kappa shape index (κ2) is 2.29. The summed E-state index contributed by atoms with van der Waals surface area (Å²) < 4.78 is 0. The largest absolute Gasteiger partial charge is 0.396 e. The van der Waals surface area contributed by atoms with Crippen LogP contribution in [0.25, 0.3) is 0 Å². The van der Waals surface area contributed by atoms with Crippen molar-refractivity contribution >= 4 is 0 Å². The van der Waals surface area contributed by atoms with Gasteiger partial charge in [-0.15, -0.1) is 0 Å². The molecule has 0 aromatic rings. The lowest BCUT2D eigenvalue weighted by molar-refractivity contribution is 0.181. The third-order valence-electron chi connectivity index (χ3n) is 1.38. The van der Waals surface area contributed by atoms with Crippen LogP contribution in [0, 0.1) is 5.92 Å². The Balaban J connectivity index is 2.34. The van der Waals surface area contributed by atoms with Gasteiger partial charge in [-0.2, -0.15) is 0 Å². The van der Waals surface area contributed by atoms with Gasteiger partial charge in [0.25, 0.3) is 0 Å². The molecule has 2 atom stereocenters. The molecule has 2 N–H and O–H groups in total. The first-order valence-corrected chi connectivity index (χ1v) is 2.80. The number of rotatable bonds is 1. The molecule has 0 saturated carbocycles. The van der Waals surface area contributed by atoms with Crippen molar-refractivity contribution in [2.45, 2.75) is 12.5 Å². The van der Waals surface area contributed by atoms with E-state index in [9.17, 15) is 0 Å². The average molecular weight is 114 g/mol. The fourth-order valence-electron chi connectivity index (χ4n) is 0.888. The van der Waals surface area contributed by atoms with E-state index in [1.54, 1.807) is 6.08 Å². The van der Waals surface area contributed by atoms with Gasteiger partial charge >= 0.3 is 0 Å². The summed E-state index contributed by atoms with van der Waals surface area (Å²) in [6.45, 7) is 0.160. The number of hydrogen-bond acceptors (Lipinski definition) is 2. The van der Waals surface area contributed by atoms with E-state index in [1.807, 2.05) is 6.08 Å². The first-order chi connectivity index (χ1) is 3.83. The fraction of sp³-hybridized carbons (Fsp3) is 0.667. The van der Waals surface area contributed by atoms with E-state index in [0.29, 0.717) is 6.42 Å². The maximum atomic E-state index is 8.83. The van der Waals surface area contributed by atoms with Gasteiger partial charge < -0.3 is 10.2 Å². The number of aliphatic hydroxyl groups is 2. The van der Waals surface area contributed by atoms with Crippen LogP contribution in [-0.2, 0) is 0 Å². The second-order valence-corrected chi connectivity index (χ2v) is 2.13. The topological polar surface area (TPSA) is 40.5 Å². The van der Waals surface area contributed by atoms with E-state index < -0.39 is 0 Å². The highest BCUT2D eigenvalue weighted by atomic mass is 16.3. The Morgan fingerprint density at radius 2 is 2.25 bits per heavy atom. The lowest BCUT2D eigenvalue weighted by atomic mass is 10.1. The monoisotopic (exact) mass is 114 g/mol. The van der Waals surface area contributed by atoms with Crippen LogP contribution in [0.1, 0.15) is 6.42 Å². The van der Waals surface area contributed by atoms with Crippen LogP contribution in [-0.4, -0.2) is 22.9 Å². The van der Waals surface area contributed by atoms with Crippen LogP contribution in [0.3, 0.4) is 0 Å². The van der Waals surface area contributed by atoms with Gasteiger partial charge in [-0.05, 0) is 6.42 Å². The molecule has 0 aliphatic heterocycles. The van der Waals surface area contributed by atoms with Gasteiger partial charge in [-0.3, -0.25) is 0 Å². The van der Waals surface area contributed by atoms with Crippen LogP contribution in [0.15, 0.2) is 12.2 Å². The van der Waals surface area contributed by atoms with Crippen molar-refractivity contribution in [3.8, 4) is 0 Å². The van der Waals surface area contributed by atoms with Gasteiger partial charge in [-0.25, -0.2) is 0 Å². The molecule has 1 rings (SSSR count). The number of hydrogen-bond donors (Lipinski definition) is 2. The molecule has 0 heterocycles. The molecule has 0 amide bonds. The van der Waals surface area contributed by atoms with E-state index in [1.165, 1.54) is 0 Å². The molecule has 2 heteroatoms. The molecule has 0 fully saturated rings. The minimum atomic E-state index is -0.313. The summed E-state index contributed by atoms with van der Waals surface area (Å²) in [4.78, 5) is 0. The highest BCUT2D eigenvalue weighted by molar-refractivity contribution is 5.01. The minimum Gasteiger partial charge on any atom is -0.396 e. The molecule has 1 aliphatic rings.